The third kappa shape index (κ3) is 5.05. The second-order valence-corrected chi connectivity index (χ2v) is 5.70. The van der Waals surface area contributed by atoms with Crippen molar-refractivity contribution in [2.75, 3.05) is 5.43 Å². The number of aromatic nitrogens is 2. The van der Waals surface area contributed by atoms with Gasteiger partial charge < -0.3 is 0 Å². The number of nitrogens with zero attached hydrogens (tertiary/aromatic N) is 3. The molecule has 1 amide bonds. The van der Waals surface area contributed by atoms with Crippen molar-refractivity contribution in [3.8, 4) is 0 Å². The Bertz CT molecular complexity index is 943. The van der Waals surface area contributed by atoms with Gasteiger partial charge in [-0.05, 0) is 24.6 Å². The summed E-state index contributed by atoms with van der Waals surface area (Å²) in [5.74, 6) is -0.820. The fraction of sp³-hybridized carbons (Fsp3) is 0.312. The Morgan fingerprint density at radius 3 is 2.61 bits per heavy atom. The number of nitro groups is 1. The van der Waals surface area contributed by atoms with Crippen molar-refractivity contribution < 1.29 is 22.9 Å². The van der Waals surface area contributed by atoms with E-state index in [1.165, 1.54) is 6.07 Å². The number of alkyl halides is 3. The monoisotopic (exact) mass is 399 g/mol. The number of unbranched alkanes of at least 4 members (excludes halogenated alkanes) is 1. The van der Waals surface area contributed by atoms with Crippen molar-refractivity contribution in [3.05, 3.63) is 62.1 Å². The summed E-state index contributed by atoms with van der Waals surface area (Å²) in [6.45, 7) is 2.23. The summed E-state index contributed by atoms with van der Waals surface area (Å²) in [7, 11) is 0. The molecule has 0 bridgehead atoms. The van der Waals surface area contributed by atoms with Crippen LogP contribution >= 0.6 is 0 Å². The average Bonchev–Trinajstić information content (AvgIpc) is 2.64. The van der Waals surface area contributed by atoms with Crippen LogP contribution in [0, 0.1) is 10.1 Å². The van der Waals surface area contributed by atoms with Crippen LogP contribution in [0.1, 0.15) is 35.8 Å². The number of benzene rings is 1. The standard InChI is InChI=1S/C16H16F3N5O4/c1-2-3-8-23-14(25)7-6-12(22-23)15(26)21-20-11-5-4-10(16(17,18)19)9-13(11)24(27)28/h4-7,9,20H,2-3,8H2,1H3,(H,21,26). The molecule has 2 aromatic rings. The molecule has 0 aliphatic rings. The molecule has 1 heterocycles. The van der Waals surface area contributed by atoms with E-state index in [1.54, 1.807) is 0 Å². The maximum absolute atomic E-state index is 12.7. The first-order valence-corrected chi connectivity index (χ1v) is 8.13. The SMILES string of the molecule is CCCCn1nc(C(=O)NNc2ccc(C(F)(F)F)cc2[N+](=O)[O-])ccc1=O. The van der Waals surface area contributed by atoms with E-state index in [1.807, 2.05) is 6.92 Å². The predicted molar refractivity (Wildman–Crippen MR) is 92.6 cm³/mol. The van der Waals surface area contributed by atoms with Crippen molar-refractivity contribution in [1.82, 2.24) is 15.2 Å². The lowest BCUT2D eigenvalue weighted by atomic mass is 10.1. The van der Waals surface area contributed by atoms with Crippen molar-refractivity contribution in [2.45, 2.75) is 32.5 Å². The summed E-state index contributed by atoms with van der Waals surface area (Å²) in [6, 6.07) is 4.15. The summed E-state index contributed by atoms with van der Waals surface area (Å²) < 4.78 is 39.2. The van der Waals surface area contributed by atoms with Crippen molar-refractivity contribution in [2.24, 2.45) is 0 Å². The zero-order valence-electron chi connectivity index (χ0n) is 14.6. The van der Waals surface area contributed by atoms with Crippen LogP contribution in [0.3, 0.4) is 0 Å². The van der Waals surface area contributed by atoms with Crippen LogP contribution in [-0.2, 0) is 12.7 Å². The first kappa shape index (κ1) is 20.9. The van der Waals surface area contributed by atoms with Crippen molar-refractivity contribution >= 4 is 17.3 Å². The Labute approximate surface area is 156 Å². The largest absolute Gasteiger partial charge is 0.416 e. The third-order valence-electron chi connectivity index (χ3n) is 3.66. The molecule has 0 unspecified atom stereocenters. The van der Waals surface area contributed by atoms with E-state index in [-0.39, 0.29) is 11.4 Å². The molecule has 2 rings (SSSR count). The fourth-order valence-corrected chi connectivity index (χ4v) is 2.19. The van der Waals surface area contributed by atoms with E-state index in [0.29, 0.717) is 25.1 Å². The lowest BCUT2D eigenvalue weighted by molar-refractivity contribution is -0.384. The minimum atomic E-state index is -4.75. The Kier molecular flexibility index (Phi) is 6.33. The molecule has 0 fully saturated rings. The van der Waals surface area contributed by atoms with Gasteiger partial charge in [-0.1, -0.05) is 13.3 Å². The summed E-state index contributed by atoms with van der Waals surface area (Å²) in [6.07, 6.45) is -3.26. The number of carbonyl (C=O) groups excluding carboxylic acids is 1. The lowest BCUT2D eigenvalue weighted by Crippen LogP contribution is -2.33. The third-order valence-corrected chi connectivity index (χ3v) is 3.66. The van der Waals surface area contributed by atoms with E-state index in [0.717, 1.165) is 23.2 Å². The number of carbonyl (C=O) groups is 1. The number of rotatable bonds is 7. The molecule has 0 atom stereocenters. The number of halogens is 3. The molecule has 0 aliphatic carbocycles. The topological polar surface area (TPSA) is 119 Å². The van der Waals surface area contributed by atoms with Crippen LogP contribution in [0.2, 0.25) is 0 Å². The molecule has 2 N–H and O–H groups in total. The number of nitro benzene ring substituents is 1. The molecular weight excluding hydrogens is 383 g/mol. The summed E-state index contributed by atoms with van der Waals surface area (Å²) in [4.78, 5) is 33.9. The molecule has 150 valence electrons. The number of hydrogen-bond donors (Lipinski definition) is 2. The molecule has 12 heteroatoms. The van der Waals surface area contributed by atoms with E-state index < -0.39 is 33.8 Å². The first-order valence-electron chi connectivity index (χ1n) is 8.13. The van der Waals surface area contributed by atoms with Gasteiger partial charge in [-0.25, -0.2) is 4.68 Å². The van der Waals surface area contributed by atoms with Crippen LogP contribution < -0.4 is 16.4 Å². The van der Waals surface area contributed by atoms with Gasteiger partial charge in [0.1, 0.15) is 5.69 Å². The highest BCUT2D eigenvalue weighted by Gasteiger charge is 2.33. The van der Waals surface area contributed by atoms with E-state index in [9.17, 15) is 32.9 Å². The lowest BCUT2D eigenvalue weighted by Gasteiger charge is -2.11. The first-order chi connectivity index (χ1) is 13.1. The highest BCUT2D eigenvalue weighted by atomic mass is 19.4. The molecule has 0 saturated heterocycles. The highest BCUT2D eigenvalue weighted by Crippen LogP contribution is 2.34. The average molecular weight is 399 g/mol. The van der Waals surface area contributed by atoms with Crippen LogP contribution in [0.15, 0.2) is 35.1 Å². The van der Waals surface area contributed by atoms with Gasteiger partial charge in [-0.2, -0.15) is 18.3 Å². The molecule has 1 aromatic heterocycles. The Morgan fingerprint density at radius 1 is 1.29 bits per heavy atom. The van der Waals surface area contributed by atoms with E-state index >= 15 is 0 Å². The van der Waals surface area contributed by atoms with E-state index in [2.05, 4.69) is 16.0 Å². The second kappa shape index (κ2) is 8.50. The van der Waals surface area contributed by atoms with Crippen LogP contribution in [0.5, 0.6) is 0 Å². The molecule has 0 saturated carbocycles. The Hall–Kier alpha value is -3.44. The molecule has 0 spiro atoms. The van der Waals surface area contributed by atoms with Crippen LogP contribution in [-0.4, -0.2) is 20.6 Å². The number of anilines is 1. The van der Waals surface area contributed by atoms with Gasteiger partial charge in [0, 0.05) is 18.7 Å². The minimum Gasteiger partial charge on any atom is -0.292 e. The minimum absolute atomic E-state index is 0.141. The zero-order valence-corrected chi connectivity index (χ0v) is 14.6. The highest BCUT2D eigenvalue weighted by molar-refractivity contribution is 5.93. The summed E-state index contributed by atoms with van der Waals surface area (Å²) >= 11 is 0. The van der Waals surface area contributed by atoms with Crippen LogP contribution in [0.4, 0.5) is 24.5 Å². The van der Waals surface area contributed by atoms with Gasteiger partial charge in [-0.15, -0.1) is 0 Å². The quantitative estimate of drug-likeness (QED) is 0.546. The van der Waals surface area contributed by atoms with Crippen LogP contribution in [0.25, 0.3) is 0 Å². The maximum Gasteiger partial charge on any atom is 0.416 e. The van der Waals surface area contributed by atoms with Crippen molar-refractivity contribution in [1.29, 1.82) is 0 Å². The maximum atomic E-state index is 12.7. The predicted octanol–water partition coefficient (Wildman–Crippen LogP) is 2.73. The summed E-state index contributed by atoms with van der Waals surface area (Å²) in [5.41, 5.74) is 1.40. The van der Waals surface area contributed by atoms with Gasteiger partial charge in [0.25, 0.3) is 17.2 Å². The zero-order chi connectivity index (χ0) is 20.9. The molecule has 0 aliphatic heterocycles. The number of hydrogen-bond acceptors (Lipinski definition) is 6. The van der Waals surface area contributed by atoms with E-state index in [4.69, 9.17) is 0 Å². The van der Waals surface area contributed by atoms with Gasteiger partial charge in [-0.3, -0.25) is 30.6 Å². The molecular formula is C16H16F3N5O4. The number of amides is 1. The molecule has 1 aromatic carbocycles. The van der Waals surface area contributed by atoms with Gasteiger partial charge in [0.2, 0.25) is 0 Å². The normalized spacial score (nSPS) is 11.1. The number of aryl methyl sites for hydroxylation is 1. The second-order valence-electron chi connectivity index (χ2n) is 5.70. The van der Waals surface area contributed by atoms with Crippen molar-refractivity contribution in [3.63, 3.8) is 0 Å². The van der Waals surface area contributed by atoms with Gasteiger partial charge in [0.05, 0.1) is 10.5 Å². The molecule has 9 nitrogen and oxygen atoms in total. The fourth-order valence-electron chi connectivity index (χ4n) is 2.19. The number of hydrazine groups is 1. The molecule has 28 heavy (non-hydrogen) atoms. The van der Waals surface area contributed by atoms with Gasteiger partial charge >= 0.3 is 6.18 Å². The Morgan fingerprint density at radius 2 is 2.00 bits per heavy atom. The smallest absolute Gasteiger partial charge is 0.292 e. The number of nitrogens with one attached hydrogen (secondary N) is 2. The molecule has 0 radical (unpaired) electrons. The van der Waals surface area contributed by atoms with Gasteiger partial charge in [0.15, 0.2) is 5.69 Å². The Balaban J connectivity index is 2.18. The summed E-state index contributed by atoms with van der Waals surface area (Å²) in [5, 5.41) is 14.9.